The van der Waals surface area contributed by atoms with Crippen molar-refractivity contribution in [1.29, 1.82) is 0 Å². The van der Waals surface area contributed by atoms with E-state index in [1.807, 2.05) is 35.1 Å². The summed E-state index contributed by atoms with van der Waals surface area (Å²) in [5, 5.41) is 22.1. The van der Waals surface area contributed by atoms with Crippen LogP contribution in [0.25, 0.3) is 11.7 Å². The fraction of sp³-hybridized carbons (Fsp3) is 0.211. The third-order valence-electron chi connectivity index (χ3n) is 4.11. The molecule has 1 aromatic carbocycles. The third kappa shape index (κ3) is 4.74. The fourth-order valence-electron chi connectivity index (χ4n) is 2.70. The SMILES string of the molecule is CSCCC(NC(=O)/C=C\c1ccc([N+](=O)[O-])cc1)c1nnc2ccccn12. The summed E-state index contributed by atoms with van der Waals surface area (Å²) in [5.41, 5.74) is 1.44. The van der Waals surface area contributed by atoms with Gasteiger partial charge in [-0.05, 0) is 54.3 Å². The molecule has 0 saturated carbocycles. The topological polar surface area (TPSA) is 102 Å². The molecule has 0 aliphatic carbocycles. The number of pyridine rings is 1. The summed E-state index contributed by atoms with van der Waals surface area (Å²) < 4.78 is 1.87. The van der Waals surface area contributed by atoms with Gasteiger partial charge in [0.25, 0.3) is 5.69 Å². The molecule has 0 bridgehead atoms. The number of rotatable bonds is 8. The van der Waals surface area contributed by atoms with E-state index in [2.05, 4.69) is 15.5 Å². The van der Waals surface area contributed by atoms with Crippen molar-refractivity contribution in [1.82, 2.24) is 19.9 Å². The molecule has 2 aromatic heterocycles. The van der Waals surface area contributed by atoms with Crippen molar-refractivity contribution in [2.45, 2.75) is 12.5 Å². The van der Waals surface area contributed by atoms with Crippen molar-refractivity contribution >= 4 is 35.1 Å². The number of nitrogens with zero attached hydrogens (tertiary/aromatic N) is 4. The Morgan fingerprint density at radius 1 is 1.29 bits per heavy atom. The Kier molecular flexibility index (Phi) is 6.38. The summed E-state index contributed by atoms with van der Waals surface area (Å²) in [4.78, 5) is 22.7. The number of amides is 1. The van der Waals surface area contributed by atoms with Gasteiger partial charge in [-0.15, -0.1) is 10.2 Å². The summed E-state index contributed by atoms with van der Waals surface area (Å²) in [6.07, 6.45) is 7.63. The van der Waals surface area contributed by atoms with Gasteiger partial charge in [0.1, 0.15) is 0 Å². The lowest BCUT2D eigenvalue weighted by molar-refractivity contribution is -0.384. The quantitative estimate of drug-likeness (QED) is 0.356. The fourth-order valence-corrected chi connectivity index (χ4v) is 3.17. The predicted octanol–water partition coefficient (Wildman–Crippen LogP) is 3.26. The number of hydrogen-bond acceptors (Lipinski definition) is 6. The Hall–Kier alpha value is -3.20. The maximum Gasteiger partial charge on any atom is 0.269 e. The lowest BCUT2D eigenvalue weighted by atomic mass is 10.2. The van der Waals surface area contributed by atoms with Crippen molar-refractivity contribution in [3.63, 3.8) is 0 Å². The zero-order valence-corrected chi connectivity index (χ0v) is 16.0. The number of carbonyl (C=O) groups is 1. The predicted molar refractivity (Wildman–Crippen MR) is 109 cm³/mol. The maximum absolute atomic E-state index is 12.4. The third-order valence-corrected chi connectivity index (χ3v) is 4.75. The Balaban J connectivity index is 1.73. The molecule has 8 nitrogen and oxygen atoms in total. The van der Waals surface area contributed by atoms with Crippen LogP contribution in [0.5, 0.6) is 0 Å². The molecule has 3 rings (SSSR count). The second-order valence-corrected chi connectivity index (χ2v) is 7.00. The first-order chi connectivity index (χ1) is 13.6. The number of nitro benzene ring substituents is 1. The number of non-ortho nitro benzene ring substituents is 1. The summed E-state index contributed by atoms with van der Waals surface area (Å²) in [6.45, 7) is 0. The number of carbonyl (C=O) groups excluding carboxylic acids is 1. The Morgan fingerprint density at radius 2 is 2.07 bits per heavy atom. The van der Waals surface area contributed by atoms with Gasteiger partial charge in [0, 0.05) is 24.4 Å². The van der Waals surface area contributed by atoms with E-state index >= 15 is 0 Å². The van der Waals surface area contributed by atoms with E-state index in [4.69, 9.17) is 0 Å². The molecular weight excluding hydrogens is 378 g/mol. The first kappa shape index (κ1) is 19.6. The molecule has 2 heterocycles. The highest BCUT2D eigenvalue weighted by Crippen LogP contribution is 2.18. The van der Waals surface area contributed by atoms with Crippen molar-refractivity contribution in [3.05, 3.63) is 76.2 Å². The average molecular weight is 397 g/mol. The van der Waals surface area contributed by atoms with Crippen molar-refractivity contribution in [3.8, 4) is 0 Å². The van der Waals surface area contributed by atoms with Gasteiger partial charge in [0.05, 0.1) is 11.0 Å². The number of hydrogen-bond donors (Lipinski definition) is 1. The molecule has 0 spiro atoms. The van der Waals surface area contributed by atoms with Crippen LogP contribution in [-0.4, -0.2) is 37.4 Å². The zero-order chi connectivity index (χ0) is 19.9. The van der Waals surface area contributed by atoms with Crippen LogP contribution >= 0.6 is 11.8 Å². The van der Waals surface area contributed by atoms with E-state index in [1.165, 1.54) is 18.2 Å². The minimum absolute atomic E-state index is 0.0115. The minimum Gasteiger partial charge on any atom is -0.342 e. The van der Waals surface area contributed by atoms with E-state index < -0.39 is 4.92 Å². The molecule has 3 aromatic rings. The number of nitro groups is 1. The molecule has 0 aliphatic heterocycles. The highest BCUT2D eigenvalue weighted by atomic mass is 32.2. The van der Waals surface area contributed by atoms with E-state index in [9.17, 15) is 14.9 Å². The lowest BCUT2D eigenvalue weighted by Gasteiger charge is -2.15. The van der Waals surface area contributed by atoms with Gasteiger partial charge in [-0.2, -0.15) is 11.8 Å². The summed E-state index contributed by atoms with van der Waals surface area (Å²) in [6, 6.07) is 11.4. The highest BCUT2D eigenvalue weighted by molar-refractivity contribution is 7.98. The normalized spacial score (nSPS) is 12.3. The van der Waals surface area contributed by atoms with Crippen LogP contribution in [0.3, 0.4) is 0 Å². The van der Waals surface area contributed by atoms with Crippen LogP contribution in [0.4, 0.5) is 5.69 Å². The first-order valence-corrected chi connectivity index (χ1v) is 9.99. The van der Waals surface area contributed by atoms with E-state index in [0.717, 1.165) is 11.4 Å². The number of benzene rings is 1. The molecule has 28 heavy (non-hydrogen) atoms. The monoisotopic (exact) mass is 397 g/mol. The number of nitrogens with one attached hydrogen (secondary N) is 1. The molecule has 0 fully saturated rings. The van der Waals surface area contributed by atoms with Gasteiger partial charge < -0.3 is 5.32 Å². The van der Waals surface area contributed by atoms with Crippen molar-refractivity contribution < 1.29 is 9.72 Å². The van der Waals surface area contributed by atoms with Gasteiger partial charge in [-0.25, -0.2) is 0 Å². The zero-order valence-electron chi connectivity index (χ0n) is 15.2. The van der Waals surface area contributed by atoms with Gasteiger partial charge >= 0.3 is 0 Å². The molecule has 1 atom stereocenters. The highest BCUT2D eigenvalue weighted by Gasteiger charge is 2.19. The Labute approximate surface area is 165 Å². The van der Waals surface area contributed by atoms with Crippen molar-refractivity contribution in [2.75, 3.05) is 12.0 Å². The second-order valence-electron chi connectivity index (χ2n) is 6.01. The summed E-state index contributed by atoms with van der Waals surface area (Å²) in [7, 11) is 0. The molecule has 1 amide bonds. The van der Waals surface area contributed by atoms with Gasteiger partial charge in [-0.3, -0.25) is 19.3 Å². The standard InChI is InChI=1S/C19H19N5O3S/c1-28-13-11-16(19-22-21-17-4-2-3-12-23(17)19)20-18(25)10-7-14-5-8-15(9-6-14)24(26)27/h2-10,12,16H,11,13H2,1H3,(H,20,25)/b10-7-. The molecule has 0 aliphatic rings. The summed E-state index contributed by atoms with van der Waals surface area (Å²) >= 11 is 1.69. The molecule has 1 N–H and O–H groups in total. The average Bonchev–Trinajstić information content (AvgIpc) is 3.14. The lowest BCUT2D eigenvalue weighted by Crippen LogP contribution is -2.29. The number of fused-ring (bicyclic) bond motifs is 1. The van der Waals surface area contributed by atoms with Crippen LogP contribution in [0.2, 0.25) is 0 Å². The number of thioether (sulfide) groups is 1. The summed E-state index contributed by atoms with van der Waals surface area (Å²) in [5.74, 6) is 1.28. The molecule has 1 unspecified atom stereocenters. The molecule has 0 radical (unpaired) electrons. The second kappa shape index (κ2) is 9.14. The van der Waals surface area contributed by atoms with E-state index in [1.54, 1.807) is 30.0 Å². The van der Waals surface area contributed by atoms with Crippen LogP contribution in [0.1, 0.15) is 23.9 Å². The van der Waals surface area contributed by atoms with Crippen LogP contribution in [-0.2, 0) is 4.79 Å². The van der Waals surface area contributed by atoms with Gasteiger partial charge in [0.2, 0.25) is 5.91 Å². The number of aromatic nitrogens is 3. The van der Waals surface area contributed by atoms with E-state index in [0.29, 0.717) is 17.8 Å². The maximum atomic E-state index is 12.4. The molecule has 144 valence electrons. The smallest absolute Gasteiger partial charge is 0.269 e. The van der Waals surface area contributed by atoms with Crippen molar-refractivity contribution in [2.24, 2.45) is 0 Å². The Bertz CT molecular complexity index is 1000. The molecular formula is C19H19N5O3S. The van der Waals surface area contributed by atoms with Gasteiger partial charge in [0.15, 0.2) is 11.5 Å². The Morgan fingerprint density at radius 3 is 2.79 bits per heavy atom. The first-order valence-electron chi connectivity index (χ1n) is 8.60. The van der Waals surface area contributed by atoms with Crippen LogP contribution in [0.15, 0.2) is 54.7 Å². The molecule has 9 heteroatoms. The largest absolute Gasteiger partial charge is 0.342 e. The minimum atomic E-state index is -0.459. The molecule has 0 saturated heterocycles. The van der Waals surface area contributed by atoms with Crippen LogP contribution < -0.4 is 5.32 Å². The van der Waals surface area contributed by atoms with Gasteiger partial charge in [-0.1, -0.05) is 6.07 Å². The van der Waals surface area contributed by atoms with Crippen LogP contribution in [0, 0.1) is 10.1 Å². The van der Waals surface area contributed by atoms with E-state index in [-0.39, 0.29) is 17.6 Å².